The van der Waals surface area contributed by atoms with Crippen molar-refractivity contribution in [2.24, 2.45) is 0 Å². The molecule has 18 heavy (non-hydrogen) atoms. The van der Waals surface area contributed by atoms with Crippen LogP contribution in [0.15, 0.2) is 27.2 Å². The van der Waals surface area contributed by atoms with E-state index in [0.29, 0.717) is 12.4 Å². The summed E-state index contributed by atoms with van der Waals surface area (Å²) in [6.07, 6.45) is 0. The van der Waals surface area contributed by atoms with Crippen molar-refractivity contribution in [3.63, 3.8) is 0 Å². The zero-order valence-corrected chi connectivity index (χ0v) is 11.8. The van der Waals surface area contributed by atoms with Gasteiger partial charge < -0.3 is 14.4 Å². The fourth-order valence-electron chi connectivity index (χ4n) is 1.67. The largest absolute Gasteiger partial charge is 0.488 e. The van der Waals surface area contributed by atoms with Gasteiger partial charge in [-0.15, -0.1) is 0 Å². The third-order valence-corrected chi connectivity index (χ3v) is 3.24. The van der Waals surface area contributed by atoms with E-state index in [1.165, 1.54) is 0 Å². The lowest BCUT2D eigenvalue weighted by atomic mass is 10.2. The van der Waals surface area contributed by atoms with E-state index >= 15 is 0 Å². The molecule has 0 bridgehead atoms. The van der Waals surface area contributed by atoms with Crippen LogP contribution in [0.4, 0.5) is 0 Å². The maximum Gasteiger partial charge on any atom is 0.140 e. The van der Waals surface area contributed by atoms with E-state index in [4.69, 9.17) is 9.26 Å². The molecule has 0 radical (unpaired) electrons. The fraction of sp³-hybridized carbons (Fsp3) is 0.308. The molecule has 0 aliphatic carbocycles. The van der Waals surface area contributed by atoms with Crippen LogP contribution in [0, 0.1) is 13.8 Å². The van der Waals surface area contributed by atoms with Crippen molar-refractivity contribution >= 4 is 15.9 Å². The van der Waals surface area contributed by atoms with Gasteiger partial charge in [-0.1, -0.05) is 21.1 Å². The summed E-state index contributed by atoms with van der Waals surface area (Å²) in [5.74, 6) is 1.43. The number of aliphatic hydroxyl groups is 1. The second-order valence-corrected chi connectivity index (χ2v) is 4.92. The quantitative estimate of drug-likeness (QED) is 0.942. The van der Waals surface area contributed by atoms with Crippen molar-refractivity contribution in [1.82, 2.24) is 5.16 Å². The summed E-state index contributed by atoms with van der Waals surface area (Å²) in [5, 5.41) is 13.2. The van der Waals surface area contributed by atoms with E-state index in [0.717, 1.165) is 27.1 Å². The molecule has 4 nitrogen and oxygen atoms in total. The Kier molecular flexibility index (Phi) is 4.04. The third-order valence-electron chi connectivity index (χ3n) is 2.75. The Morgan fingerprint density at radius 2 is 2.17 bits per heavy atom. The van der Waals surface area contributed by atoms with Gasteiger partial charge in [-0.05, 0) is 32.0 Å². The summed E-state index contributed by atoms with van der Waals surface area (Å²) in [5.41, 5.74) is 2.52. The van der Waals surface area contributed by atoms with Crippen LogP contribution in [0.1, 0.15) is 22.6 Å². The van der Waals surface area contributed by atoms with Gasteiger partial charge in [0.1, 0.15) is 18.1 Å². The van der Waals surface area contributed by atoms with Crippen LogP contribution < -0.4 is 4.74 Å². The van der Waals surface area contributed by atoms with Gasteiger partial charge in [0.15, 0.2) is 0 Å². The monoisotopic (exact) mass is 311 g/mol. The molecule has 1 N–H and O–H groups in total. The molecule has 0 saturated carbocycles. The van der Waals surface area contributed by atoms with Crippen molar-refractivity contribution in [1.29, 1.82) is 0 Å². The lowest BCUT2D eigenvalue weighted by molar-refractivity contribution is 0.258. The van der Waals surface area contributed by atoms with E-state index in [2.05, 4.69) is 21.1 Å². The summed E-state index contributed by atoms with van der Waals surface area (Å²) in [6.45, 7) is 4.06. The number of halogens is 1. The van der Waals surface area contributed by atoms with Crippen LogP contribution in [0.5, 0.6) is 5.75 Å². The maximum atomic E-state index is 9.28. The molecule has 2 rings (SSSR count). The average molecular weight is 312 g/mol. The molecule has 0 spiro atoms. The zero-order valence-electron chi connectivity index (χ0n) is 10.2. The highest BCUT2D eigenvalue weighted by atomic mass is 79.9. The first-order valence-electron chi connectivity index (χ1n) is 5.55. The van der Waals surface area contributed by atoms with Crippen LogP contribution in [0.3, 0.4) is 0 Å². The van der Waals surface area contributed by atoms with Gasteiger partial charge in [0.2, 0.25) is 0 Å². The first-order valence-corrected chi connectivity index (χ1v) is 6.35. The second kappa shape index (κ2) is 5.54. The van der Waals surface area contributed by atoms with Crippen LogP contribution in [0.2, 0.25) is 0 Å². The first-order chi connectivity index (χ1) is 8.61. The molecule has 0 unspecified atom stereocenters. The highest BCUT2D eigenvalue weighted by molar-refractivity contribution is 9.10. The average Bonchev–Trinajstić information content (AvgIpc) is 2.68. The number of nitrogens with zero attached hydrogens (tertiary/aromatic N) is 1. The van der Waals surface area contributed by atoms with Gasteiger partial charge >= 0.3 is 0 Å². The Morgan fingerprint density at radius 3 is 2.78 bits per heavy atom. The third kappa shape index (κ3) is 2.73. The van der Waals surface area contributed by atoms with Crippen LogP contribution in [-0.2, 0) is 13.2 Å². The Morgan fingerprint density at radius 1 is 1.39 bits per heavy atom. The number of hydrogen-bond donors (Lipinski definition) is 1. The lowest BCUT2D eigenvalue weighted by Gasteiger charge is -2.10. The smallest absolute Gasteiger partial charge is 0.140 e. The topological polar surface area (TPSA) is 55.5 Å². The molecular formula is C13H14BrNO3. The van der Waals surface area contributed by atoms with Crippen molar-refractivity contribution in [2.45, 2.75) is 27.1 Å². The molecule has 2 aromatic rings. The van der Waals surface area contributed by atoms with Gasteiger partial charge in [0.05, 0.1) is 17.9 Å². The predicted octanol–water partition coefficient (Wildman–Crippen LogP) is 3.13. The maximum absolute atomic E-state index is 9.28. The molecule has 0 amide bonds. The minimum absolute atomic E-state index is 0.0592. The molecule has 96 valence electrons. The molecule has 1 aromatic heterocycles. The lowest BCUT2D eigenvalue weighted by Crippen LogP contribution is -2.00. The Labute approximate surface area is 114 Å². The van der Waals surface area contributed by atoms with Gasteiger partial charge in [0, 0.05) is 10.0 Å². The number of ether oxygens (including phenoxy) is 1. The zero-order chi connectivity index (χ0) is 13.1. The summed E-state index contributed by atoms with van der Waals surface area (Å²) in [4.78, 5) is 0. The van der Waals surface area contributed by atoms with E-state index in [-0.39, 0.29) is 6.61 Å². The van der Waals surface area contributed by atoms with Crippen molar-refractivity contribution < 1.29 is 14.4 Å². The minimum atomic E-state index is -0.0592. The SMILES string of the molecule is Cc1noc(C)c1COc1ccc(Br)cc1CO. The molecule has 0 saturated heterocycles. The van der Waals surface area contributed by atoms with Gasteiger partial charge in [-0.25, -0.2) is 0 Å². The molecule has 0 aliphatic rings. The molecule has 1 heterocycles. The van der Waals surface area contributed by atoms with E-state index in [1.807, 2.05) is 32.0 Å². The number of aromatic nitrogens is 1. The summed E-state index contributed by atoms with van der Waals surface area (Å²) < 4.78 is 11.7. The molecule has 5 heteroatoms. The van der Waals surface area contributed by atoms with Crippen LogP contribution in [-0.4, -0.2) is 10.3 Å². The molecule has 1 aromatic carbocycles. The molecule has 0 atom stereocenters. The van der Waals surface area contributed by atoms with Crippen molar-refractivity contribution in [2.75, 3.05) is 0 Å². The van der Waals surface area contributed by atoms with Crippen molar-refractivity contribution in [3.8, 4) is 5.75 Å². The number of aryl methyl sites for hydroxylation is 2. The van der Waals surface area contributed by atoms with E-state index < -0.39 is 0 Å². The van der Waals surface area contributed by atoms with Crippen molar-refractivity contribution in [3.05, 3.63) is 45.3 Å². The Hall–Kier alpha value is -1.33. The Balaban J connectivity index is 2.15. The van der Waals surface area contributed by atoms with Crippen LogP contribution in [0.25, 0.3) is 0 Å². The number of rotatable bonds is 4. The first kappa shape index (κ1) is 13.1. The normalized spacial score (nSPS) is 10.7. The summed E-state index contributed by atoms with van der Waals surface area (Å²) in [7, 11) is 0. The van der Waals surface area contributed by atoms with Gasteiger partial charge in [0.25, 0.3) is 0 Å². The molecule has 0 fully saturated rings. The fourth-order valence-corrected chi connectivity index (χ4v) is 2.08. The van der Waals surface area contributed by atoms with E-state index in [1.54, 1.807) is 0 Å². The number of aliphatic hydroxyl groups excluding tert-OH is 1. The number of benzene rings is 1. The number of hydrogen-bond acceptors (Lipinski definition) is 4. The second-order valence-electron chi connectivity index (χ2n) is 4.00. The van der Waals surface area contributed by atoms with Gasteiger partial charge in [-0.3, -0.25) is 0 Å². The van der Waals surface area contributed by atoms with Crippen LogP contribution >= 0.6 is 15.9 Å². The predicted molar refractivity (Wildman–Crippen MR) is 70.4 cm³/mol. The Bertz CT molecular complexity index is 532. The van der Waals surface area contributed by atoms with Gasteiger partial charge in [-0.2, -0.15) is 0 Å². The molecule has 0 aliphatic heterocycles. The van der Waals surface area contributed by atoms with E-state index in [9.17, 15) is 5.11 Å². The summed E-state index contributed by atoms with van der Waals surface area (Å²) >= 11 is 3.36. The summed E-state index contributed by atoms with van der Waals surface area (Å²) in [6, 6.07) is 5.54. The minimum Gasteiger partial charge on any atom is -0.488 e. The highest BCUT2D eigenvalue weighted by Gasteiger charge is 2.11. The standard InChI is InChI=1S/C13H14BrNO3/c1-8-12(9(2)18-15-8)7-17-13-4-3-11(14)5-10(13)6-16/h3-5,16H,6-7H2,1-2H3. The highest BCUT2D eigenvalue weighted by Crippen LogP contribution is 2.25. The molecular weight excluding hydrogens is 298 g/mol.